The fourth-order valence-electron chi connectivity index (χ4n) is 7.09. The van der Waals surface area contributed by atoms with Gasteiger partial charge in [-0.25, -0.2) is 0 Å². The lowest BCUT2D eigenvalue weighted by atomic mass is 9.48. The van der Waals surface area contributed by atoms with Crippen molar-refractivity contribution < 1.29 is 19.1 Å². The number of rotatable bonds is 6. The summed E-state index contributed by atoms with van der Waals surface area (Å²) >= 11 is 0. The quantitative estimate of drug-likeness (QED) is 0.762. The highest BCUT2D eigenvalue weighted by atomic mass is 16.5. The first-order valence-electron chi connectivity index (χ1n) is 11.3. The Balaban J connectivity index is 1.18. The number of likely N-dealkylation sites (N-methyl/N-ethyl adjacent to an activating group) is 1. The van der Waals surface area contributed by atoms with E-state index in [1.807, 2.05) is 0 Å². The Bertz CT molecular complexity index is 644. The Morgan fingerprint density at radius 3 is 2.18 bits per heavy atom. The maximum absolute atomic E-state index is 10.5. The van der Waals surface area contributed by atoms with Gasteiger partial charge in [0.15, 0.2) is 0 Å². The number of quaternary nitrogens is 1. The van der Waals surface area contributed by atoms with Crippen LogP contribution in [0.15, 0.2) is 24.3 Å². The van der Waals surface area contributed by atoms with E-state index in [-0.39, 0.29) is 0 Å². The van der Waals surface area contributed by atoms with Gasteiger partial charge in [0.2, 0.25) is 0 Å². The standard InChI is InChI=1S/C24H36NO3/c1-25(6-8-27-9-7-25)16-22(26)17-28-23-4-2-21(3-5-23)24-13-18-10-19(14-24)12-20(11-18)15-24/h2-5,18-20,22,26H,6-17H2,1H3/q+1. The van der Waals surface area contributed by atoms with Crippen molar-refractivity contribution in [2.45, 2.75) is 50.0 Å². The lowest BCUT2D eigenvalue weighted by Gasteiger charge is -2.57. The topological polar surface area (TPSA) is 38.7 Å². The summed E-state index contributed by atoms with van der Waals surface area (Å²) < 4.78 is 12.3. The molecule has 1 aliphatic heterocycles. The Labute approximate surface area is 169 Å². The van der Waals surface area contributed by atoms with Gasteiger partial charge in [-0.2, -0.15) is 0 Å². The SMILES string of the molecule is C[N+]1(CC(O)COc2ccc(C34CC5CC(CC(C5)C3)C4)cc2)CCOCC1. The van der Waals surface area contributed by atoms with Crippen LogP contribution in [0.4, 0.5) is 0 Å². The molecule has 6 rings (SSSR count). The largest absolute Gasteiger partial charge is 0.491 e. The van der Waals surface area contributed by atoms with Crippen molar-refractivity contribution in [3.05, 3.63) is 29.8 Å². The molecule has 28 heavy (non-hydrogen) atoms. The number of aliphatic hydroxyl groups excluding tert-OH is 1. The van der Waals surface area contributed by atoms with Crippen molar-refractivity contribution in [3.8, 4) is 5.75 Å². The van der Waals surface area contributed by atoms with Crippen molar-refractivity contribution in [3.63, 3.8) is 0 Å². The molecule has 1 saturated heterocycles. The number of nitrogens with zero attached hydrogens (tertiary/aromatic N) is 1. The van der Waals surface area contributed by atoms with E-state index in [0.717, 1.165) is 60.8 Å². The minimum Gasteiger partial charge on any atom is -0.491 e. The van der Waals surface area contributed by atoms with Crippen LogP contribution in [0.25, 0.3) is 0 Å². The number of ether oxygens (including phenoxy) is 2. The first-order valence-corrected chi connectivity index (χ1v) is 11.3. The van der Waals surface area contributed by atoms with E-state index < -0.39 is 6.10 Å². The van der Waals surface area contributed by atoms with E-state index in [4.69, 9.17) is 9.47 Å². The van der Waals surface area contributed by atoms with Gasteiger partial charge in [0.1, 0.15) is 38.1 Å². The molecule has 1 aromatic rings. The molecule has 0 radical (unpaired) electrons. The second-order valence-electron chi connectivity index (χ2n) is 10.5. The zero-order valence-corrected chi connectivity index (χ0v) is 17.3. The van der Waals surface area contributed by atoms with Crippen molar-refractivity contribution in [2.24, 2.45) is 17.8 Å². The molecule has 4 saturated carbocycles. The molecule has 4 bridgehead atoms. The lowest BCUT2D eigenvalue weighted by molar-refractivity contribution is -0.919. The molecule has 4 heteroatoms. The van der Waals surface area contributed by atoms with E-state index >= 15 is 0 Å². The number of benzene rings is 1. The molecule has 0 aromatic heterocycles. The van der Waals surface area contributed by atoms with Gasteiger partial charge in [-0.05, 0) is 79.4 Å². The third-order valence-electron chi connectivity index (χ3n) is 8.15. The van der Waals surface area contributed by atoms with Crippen LogP contribution in [-0.2, 0) is 10.2 Å². The molecule has 0 spiro atoms. The van der Waals surface area contributed by atoms with E-state index in [2.05, 4.69) is 31.3 Å². The van der Waals surface area contributed by atoms with Crippen LogP contribution in [0.2, 0.25) is 0 Å². The molecule has 1 N–H and O–H groups in total. The summed E-state index contributed by atoms with van der Waals surface area (Å²) in [6, 6.07) is 8.88. The van der Waals surface area contributed by atoms with Crippen LogP contribution in [0.1, 0.15) is 44.1 Å². The summed E-state index contributed by atoms with van der Waals surface area (Å²) in [5.74, 6) is 3.81. The number of aliphatic hydroxyl groups is 1. The molecular formula is C24H36NO3+. The van der Waals surface area contributed by atoms with Gasteiger partial charge in [-0.15, -0.1) is 0 Å². The summed E-state index contributed by atoms with van der Waals surface area (Å²) in [7, 11) is 2.20. The Morgan fingerprint density at radius 1 is 1.04 bits per heavy atom. The fourth-order valence-corrected chi connectivity index (χ4v) is 7.09. The van der Waals surface area contributed by atoms with Gasteiger partial charge in [0.25, 0.3) is 0 Å². The number of hydrogen-bond donors (Lipinski definition) is 1. The zero-order chi connectivity index (χ0) is 19.2. The van der Waals surface area contributed by atoms with Gasteiger partial charge in [-0.3, -0.25) is 0 Å². The van der Waals surface area contributed by atoms with Gasteiger partial charge in [0, 0.05) is 0 Å². The predicted molar refractivity (Wildman–Crippen MR) is 109 cm³/mol. The smallest absolute Gasteiger partial charge is 0.137 e. The first-order chi connectivity index (χ1) is 13.5. The highest BCUT2D eigenvalue weighted by Crippen LogP contribution is 2.60. The highest BCUT2D eigenvalue weighted by Gasteiger charge is 2.51. The minimum absolute atomic E-state index is 0.366. The molecule has 1 atom stereocenters. The normalized spacial score (nSPS) is 37.0. The minimum atomic E-state index is -0.439. The van der Waals surface area contributed by atoms with Crippen molar-refractivity contribution in [1.82, 2.24) is 0 Å². The van der Waals surface area contributed by atoms with Crippen molar-refractivity contribution >= 4 is 0 Å². The van der Waals surface area contributed by atoms with Gasteiger partial charge < -0.3 is 19.1 Å². The van der Waals surface area contributed by atoms with Crippen molar-refractivity contribution in [2.75, 3.05) is 46.5 Å². The molecule has 1 aromatic carbocycles. The van der Waals surface area contributed by atoms with Crippen LogP contribution in [0.5, 0.6) is 5.75 Å². The van der Waals surface area contributed by atoms with Crippen LogP contribution in [0.3, 0.4) is 0 Å². The van der Waals surface area contributed by atoms with Crippen LogP contribution in [0, 0.1) is 17.8 Å². The highest BCUT2D eigenvalue weighted by molar-refractivity contribution is 5.34. The van der Waals surface area contributed by atoms with Crippen LogP contribution in [-0.4, -0.2) is 62.2 Å². The van der Waals surface area contributed by atoms with Gasteiger partial charge in [0.05, 0.1) is 20.3 Å². The zero-order valence-electron chi connectivity index (χ0n) is 17.3. The number of morpholine rings is 1. The Hall–Kier alpha value is -1.10. The van der Waals surface area contributed by atoms with Gasteiger partial charge in [-0.1, -0.05) is 12.1 Å². The average molecular weight is 387 g/mol. The molecule has 154 valence electrons. The van der Waals surface area contributed by atoms with Crippen LogP contribution >= 0.6 is 0 Å². The molecule has 5 aliphatic rings. The summed E-state index contributed by atoms with van der Waals surface area (Å²) in [6.45, 7) is 4.61. The van der Waals surface area contributed by atoms with E-state index in [9.17, 15) is 5.11 Å². The molecular weight excluding hydrogens is 350 g/mol. The second-order valence-corrected chi connectivity index (χ2v) is 10.5. The summed E-state index contributed by atoms with van der Waals surface area (Å²) in [6.07, 6.45) is 8.23. The molecule has 0 amide bonds. The lowest BCUT2D eigenvalue weighted by Crippen LogP contribution is -2.56. The molecule has 5 fully saturated rings. The van der Waals surface area contributed by atoms with E-state index in [1.165, 1.54) is 44.1 Å². The van der Waals surface area contributed by atoms with E-state index in [0.29, 0.717) is 12.0 Å². The number of hydrogen-bond acceptors (Lipinski definition) is 3. The maximum Gasteiger partial charge on any atom is 0.137 e. The first kappa shape index (κ1) is 18.9. The summed E-state index contributed by atoms with van der Waals surface area (Å²) in [4.78, 5) is 0. The molecule has 1 unspecified atom stereocenters. The predicted octanol–water partition coefficient (Wildman–Crippen LogP) is 3.37. The molecule has 4 nitrogen and oxygen atoms in total. The van der Waals surface area contributed by atoms with Crippen molar-refractivity contribution in [1.29, 1.82) is 0 Å². The van der Waals surface area contributed by atoms with E-state index in [1.54, 1.807) is 0 Å². The molecule has 4 aliphatic carbocycles. The second kappa shape index (κ2) is 7.30. The molecule has 1 heterocycles. The Morgan fingerprint density at radius 2 is 1.61 bits per heavy atom. The summed E-state index contributed by atoms with van der Waals surface area (Å²) in [5, 5.41) is 10.5. The summed E-state index contributed by atoms with van der Waals surface area (Å²) in [5.41, 5.74) is 1.98. The average Bonchev–Trinajstić information content (AvgIpc) is 2.66. The maximum atomic E-state index is 10.5. The monoisotopic (exact) mass is 386 g/mol. The third kappa shape index (κ3) is 3.71. The third-order valence-corrected chi connectivity index (χ3v) is 8.15. The van der Waals surface area contributed by atoms with Crippen LogP contribution < -0.4 is 4.74 Å². The fraction of sp³-hybridized carbons (Fsp3) is 0.750. The van der Waals surface area contributed by atoms with Gasteiger partial charge >= 0.3 is 0 Å². The Kier molecular flexibility index (Phi) is 4.93.